The molecule has 0 saturated carbocycles. The van der Waals surface area contributed by atoms with E-state index in [1.165, 1.54) is 0 Å². The summed E-state index contributed by atoms with van der Waals surface area (Å²) < 4.78 is 10.8. The van der Waals surface area contributed by atoms with Crippen LogP contribution in [0.15, 0.2) is 59.2 Å². The quantitative estimate of drug-likeness (QED) is 0.777. The summed E-state index contributed by atoms with van der Waals surface area (Å²) in [6.07, 6.45) is 1.73. The molecule has 3 nitrogen and oxygen atoms in total. The van der Waals surface area contributed by atoms with Crippen LogP contribution in [0.1, 0.15) is 17.2 Å². The lowest BCUT2D eigenvalue weighted by Gasteiger charge is -2.11. The Bertz CT molecular complexity index is 703. The topological polar surface area (TPSA) is 48.4 Å². The van der Waals surface area contributed by atoms with Crippen molar-refractivity contribution in [3.63, 3.8) is 0 Å². The molecule has 3 aromatic rings. The summed E-state index contributed by atoms with van der Waals surface area (Å²) in [7, 11) is 1.65. The van der Waals surface area contributed by atoms with Gasteiger partial charge in [-0.1, -0.05) is 30.3 Å². The summed E-state index contributed by atoms with van der Waals surface area (Å²) in [4.78, 5) is 0. The molecule has 0 aliphatic heterocycles. The number of hydrogen-bond acceptors (Lipinski definition) is 3. The molecule has 1 atom stereocenters. The Kier molecular flexibility index (Phi) is 2.97. The van der Waals surface area contributed by atoms with Crippen LogP contribution in [0, 0.1) is 0 Å². The molecule has 0 amide bonds. The molecule has 1 unspecified atom stereocenters. The van der Waals surface area contributed by atoms with Crippen LogP contribution in [0.4, 0.5) is 0 Å². The van der Waals surface area contributed by atoms with E-state index in [4.69, 9.17) is 14.9 Å². The van der Waals surface area contributed by atoms with Gasteiger partial charge < -0.3 is 14.9 Å². The molecule has 96 valence electrons. The molecule has 3 heteroatoms. The Morgan fingerprint density at radius 1 is 1.11 bits per heavy atom. The van der Waals surface area contributed by atoms with Gasteiger partial charge in [-0.05, 0) is 23.8 Å². The fourth-order valence-corrected chi connectivity index (χ4v) is 2.25. The van der Waals surface area contributed by atoms with Crippen molar-refractivity contribution in [2.45, 2.75) is 6.04 Å². The zero-order valence-corrected chi connectivity index (χ0v) is 10.7. The van der Waals surface area contributed by atoms with Crippen molar-refractivity contribution in [2.75, 3.05) is 7.11 Å². The average Bonchev–Trinajstić information content (AvgIpc) is 2.90. The van der Waals surface area contributed by atoms with Gasteiger partial charge in [0.25, 0.3) is 0 Å². The summed E-state index contributed by atoms with van der Waals surface area (Å²) in [5.74, 6) is 0.806. The number of fused-ring (bicyclic) bond motifs is 1. The van der Waals surface area contributed by atoms with Crippen LogP contribution in [0.2, 0.25) is 0 Å². The molecular formula is C16H15NO2. The minimum Gasteiger partial charge on any atom is -0.497 e. The molecule has 0 aliphatic carbocycles. The number of nitrogens with two attached hydrogens (primary N) is 1. The van der Waals surface area contributed by atoms with E-state index in [1.54, 1.807) is 13.4 Å². The minimum absolute atomic E-state index is 0.223. The fourth-order valence-electron chi connectivity index (χ4n) is 2.25. The highest BCUT2D eigenvalue weighted by molar-refractivity contribution is 5.81. The third-order valence-corrected chi connectivity index (χ3v) is 3.30. The van der Waals surface area contributed by atoms with E-state index < -0.39 is 0 Å². The smallest absolute Gasteiger partial charge is 0.134 e. The Morgan fingerprint density at radius 2 is 1.95 bits per heavy atom. The number of methoxy groups -OCH3 is 1. The predicted octanol–water partition coefficient (Wildman–Crippen LogP) is 3.49. The molecule has 0 radical (unpaired) electrons. The first kappa shape index (κ1) is 11.8. The zero-order valence-electron chi connectivity index (χ0n) is 10.7. The third kappa shape index (κ3) is 2.09. The Hall–Kier alpha value is -2.26. The van der Waals surface area contributed by atoms with Crippen LogP contribution >= 0.6 is 0 Å². The lowest BCUT2D eigenvalue weighted by atomic mass is 9.99. The summed E-state index contributed by atoms with van der Waals surface area (Å²) in [5, 5.41) is 1.05. The maximum atomic E-state index is 6.33. The van der Waals surface area contributed by atoms with Crippen molar-refractivity contribution >= 4 is 11.0 Å². The molecule has 0 spiro atoms. The molecular weight excluding hydrogens is 238 g/mol. The monoisotopic (exact) mass is 253 g/mol. The van der Waals surface area contributed by atoms with Crippen molar-refractivity contribution in [1.82, 2.24) is 0 Å². The van der Waals surface area contributed by atoms with E-state index >= 15 is 0 Å². The van der Waals surface area contributed by atoms with Gasteiger partial charge in [-0.15, -0.1) is 0 Å². The Morgan fingerprint density at radius 3 is 2.79 bits per heavy atom. The van der Waals surface area contributed by atoms with Gasteiger partial charge in [-0.25, -0.2) is 0 Å². The van der Waals surface area contributed by atoms with Gasteiger partial charge in [-0.2, -0.15) is 0 Å². The summed E-state index contributed by atoms with van der Waals surface area (Å²) in [6.45, 7) is 0. The normalized spacial score (nSPS) is 12.5. The average molecular weight is 253 g/mol. The SMILES string of the molecule is COc1cccc(C(N)c2coc3ccccc23)c1. The maximum absolute atomic E-state index is 6.33. The zero-order chi connectivity index (χ0) is 13.2. The Balaban J connectivity index is 2.05. The number of benzene rings is 2. The van der Waals surface area contributed by atoms with E-state index in [0.29, 0.717) is 0 Å². The molecule has 2 aromatic carbocycles. The number of ether oxygens (including phenoxy) is 1. The van der Waals surface area contributed by atoms with Crippen LogP contribution in [0.3, 0.4) is 0 Å². The van der Waals surface area contributed by atoms with Gasteiger partial charge in [-0.3, -0.25) is 0 Å². The largest absolute Gasteiger partial charge is 0.497 e. The van der Waals surface area contributed by atoms with Crippen molar-refractivity contribution in [3.05, 3.63) is 65.9 Å². The van der Waals surface area contributed by atoms with E-state index in [0.717, 1.165) is 27.8 Å². The second-order valence-corrected chi connectivity index (χ2v) is 4.44. The first-order valence-corrected chi connectivity index (χ1v) is 6.15. The lowest BCUT2D eigenvalue weighted by molar-refractivity contribution is 0.414. The van der Waals surface area contributed by atoms with Gasteiger partial charge in [0.05, 0.1) is 19.4 Å². The fraction of sp³-hybridized carbons (Fsp3) is 0.125. The number of rotatable bonds is 3. The van der Waals surface area contributed by atoms with E-state index in [-0.39, 0.29) is 6.04 Å². The molecule has 1 aromatic heterocycles. The van der Waals surface area contributed by atoms with Crippen LogP contribution < -0.4 is 10.5 Å². The molecule has 0 saturated heterocycles. The molecule has 3 rings (SSSR count). The minimum atomic E-state index is -0.223. The maximum Gasteiger partial charge on any atom is 0.134 e. The first-order valence-electron chi connectivity index (χ1n) is 6.15. The highest BCUT2D eigenvalue weighted by Gasteiger charge is 2.15. The van der Waals surface area contributed by atoms with Gasteiger partial charge in [0.1, 0.15) is 11.3 Å². The molecule has 1 heterocycles. The van der Waals surface area contributed by atoms with Crippen LogP contribution in [0.5, 0.6) is 5.75 Å². The number of hydrogen-bond donors (Lipinski definition) is 1. The van der Waals surface area contributed by atoms with Gasteiger partial charge in [0.2, 0.25) is 0 Å². The molecule has 0 bridgehead atoms. The van der Waals surface area contributed by atoms with Crippen molar-refractivity contribution in [1.29, 1.82) is 0 Å². The predicted molar refractivity (Wildman–Crippen MR) is 75.2 cm³/mol. The molecule has 0 aliphatic rings. The van der Waals surface area contributed by atoms with Gasteiger partial charge in [0, 0.05) is 10.9 Å². The highest BCUT2D eigenvalue weighted by atomic mass is 16.5. The second-order valence-electron chi connectivity index (χ2n) is 4.44. The second kappa shape index (κ2) is 4.78. The Labute approximate surface area is 111 Å². The standard InChI is InChI=1S/C16H15NO2/c1-18-12-6-4-5-11(9-12)16(17)14-10-19-15-8-3-2-7-13(14)15/h2-10,16H,17H2,1H3. The first-order chi connectivity index (χ1) is 9.29. The van der Waals surface area contributed by atoms with E-state index in [1.807, 2.05) is 48.5 Å². The van der Waals surface area contributed by atoms with Gasteiger partial charge >= 0.3 is 0 Å². The molecule has 2 N–H and O–H groups in total. The van der Waals surface area contributed by atoms with Crippen molar-refractivity contribution in [3.8, 4) is 5.75 Å². The van der Waals surface area contributed by atoms with E-state index in [9.17, 15) is 0 Å². The summed E-state index contributed by atoms with van der Waals surface area (Å²) in [5.41, 5.74) is 9.19. The van der Waals surface area contributed by atoms with Crippen molar-refractivity contribution in [2.24, 2.45) is 5.73 Å². The highest BCUT2D eigenvalue weighted by Crippen LogP contribution is 2.30. The van der Waals surface area contributed by atoms with Gasteiger partial charge in [0.15, 0.2) is 0 Å². The number of para-hydroxylation sites is 1. The summed E-state index contributed by atoms with van der Waals surface area (Å²) >= 11 is 0. The van der Waals surface area contributed by atoms with Crippen LogP contribution in [-0.4, -0.2) is 7.11 Å². The van der Waals surface area contributed by atoms with Crippen LogP contribution in [-0.2, 0) is 0 Å². The number of furan rings is 1. The third-order valence-electron chi connectivity index (χ3n) is 3.30. The van der Waals surface area contributed by atoms with Crippen LogP contribution in [0.25, 0.3) is 11.0 Å². The molecule has 0 fully saturated rings. The molecule has 19 heavy (non-hydrogen) atoms. The van der Waals surface area contributed by atoms with Crippen molar-refractivity contribution < 1.29 is 9.15 Å². The lowest BCUT2D eigenvalue weighted by Crippen LogP contribution is -2.11. The van der Waals surface area contributed by atoms with E-state index in [2.05, 4.69) is 0 Å². The summed E-state index contributed by atoms with van der Waals surface area (Å²) in [6, 6.07) is 15.5.